The van der Waals surface area contributed by atoms with Crippen LogP contribution in [0, 0.1) is 19.3 Å². The van der Waals surface area contributed by atoms with Gasteiger partial charge in [-0.3, -0.25) is 5.41 Å². The van der Waals surface area contributed by atoms with E-state index < -0.39 is 0 Å². The maximum absolute atomic E-state index is 7.41. The first-order chi connectivity index (χ1) is 7.15. The Morgan fingerprint density at radius 3 is 2.62 bits per heavy atom. The van der Waals surface area contributed by atoms with E-state index in [1.165, 1.54) is 5.56 Å². The molecule has 3 nitrogen and oxygen atoms in total. The molecule has 1 aromatic carbocycles. The van der Waals surface area contributed by atoms with Crippen LogP contribution in [0.5, 0.6) is 5.75 Å². The molecule has 1 rings (SSSR count). The van der Waals surface area contributed by atoms with Crippen LogP contribution in [-0.2, 0) is 4.74 Å². The predicted molar refractivity (Wildman–Crippen MR) is 68.0 cm³/mol. The predicted octanol–water partition coefficient (Wildman–Crippen LogP) is 3.12. The molecule has 16 heavy (non-hydrogen) atoms. The van der Waals surface area contributed by atoms with E-state index in [2.05, 4.69) is 0 Å². The van der Waals surface area contributed by atoms with Crippen LogP contribution in [0.3, 0.4) is 0 Å². The van der Waals surface area contributed by atoms with Crippen molar-refractivity contribution in [1.29, 1.82) is 5.41 Å². The van der Waals surface area contributed by atoms with E-state index in [-0.39, 0.29) is 24.9 Å². The van der Waals surface area contributed by atoms with E-state index in [0.717, 1.165) is 11.3 Å². The second-order valence-electron chi connectivity index (χ2n) is 3.34. The Hall–Kier alpha value is -1.22. The molecule has 0 fully saturated rings. The van der Waals surface area contributed by atoms with Gasteiger partial charge in [-0.15, -0.1) is 12.4 Å². The molecule has 0 aliphatic carbocycles. The number of halogens is 1. The topological polar surface area (TPSA) is 42.3 Å². The van der Waals surface area contributed by atoms with E-state index in [4.69, 9.17) is 14.9 Å². The fourth-order valence-corrected chi connectivity index (χ4v) is 1.24. The highest BCUT2D eigenvalue weighted by atomic mass is 35.5. The van der Waals surface area contributed by atoms with Gasteiger partial charge >= 0.3 is 0 Å². The van der Waals surface area contributed by atoms with Gasteiger partial charge in [0.2, 0.25) is 5.90 Å². The van der Waals surface area contributed by atoms with Crippen LogP contribution < -0.4 is 4.74 Å². The monoisotopic (exact) mass is 243 g/mol. The van der Waals surface area contributed by atoms with E-state index in [1.54, 1.807) is 0 Å². The number of benzene rings is 1. The number of rotatable bonds is 4. The second-order valence-corrected chi connectivity index (χ2v) is 3.34. The summed E-state index contributed by atoms with van der Waals surface area (Å²) in [6.07, 6.45) is 0. The zero-order valence-electron chi connectivity index (χ0n) is 9.87. The normalized spacial score (nSPS) is 9.19. The summed E-state index contributed by atoms with van der Waals surface area (Å²) in [7, 11) is 0. The van der Waals surface area contributed by atoms with Gasteiger partial charge in [0.1, 0.15) is 5.75 Å². The lowest BCUT2D eigenvalue weighted by Crippen LogP contribution is -2.14. The quantitative estimate of drug-likeness (QED) is 0.652. The van der Waals surface area contributed by atoms with Gasteiger partial charge < -0.3 is 9.47 Å². The number of nitrogens with one attached hydrogen (secondary N) is 1. The molecular weight excluding hydrogens is 226 g/mol. The van der Waals surface area contributed by atoms with E-state index in [0.29, 0.717) is 6.61 Å². The van der Waals surface area contributed by atoms with E-state index in [9.17, 15) is 0 Å². The van der Waals surface area contributed by atoms with Crippen molar-refractivity contribution in [3.8, 4) is 5.75 Å². The molecule has 0 unspecified atom stereocenters. The molecule has 1 N–H and O–H groups in total. The van der Waals surface area contributed by atoms with Crippen molar-refractivity contribution >= 4 is 18.3 Å². The number of ether oxygens (including phenoxy) is 2. The fourth-order valence-electron chi connectivity index (χ4n) is 1.24. The number of aryl methyl sites for hydroxylation is 1. The minimum Gasteiger partial charge on any atom is -0.484 e. The Balaban J connectivity index is 0.00000225. The summed E-state index contributed by atoms with van der Waals surface area (Å²) < 4.78 is 10.5. The Kier molecular flexibility index (Phi) is 6.58. The Labute approximate surface area is 103 Å². The average Bonchev–Trinajstić information content (AvgIpc) is 2.21. The highest BCUT2D eigenvalue weighted by molar-refractivity contribution is 5.85. The third-order valence-electron chi connectivity index (χ3n) is 2.23. The smallest absolute Gasteiger partial charge is 0.219 e. The maximum Gasteiger partial charge on any atom is 0.219 e. The first-order valence-corrected chi connectivity index (χ1v) is 5.04. The SMILES string of the molecule is CCOC(=N)COc1cccc(C)c1C.Cl. The number of hydrogen-bond acceptors (Lipinski definition) is 3. The van der Waals surface area contributed by atoms with Gasteiger partial charge in [-0.25, -0.2) is 0 Å². The molecule has 0 bridgehead atoms. The molecular formula is C12H18ClNO2. The molecule has 0 saturated carbocycles. The molecule has 1 aromatic rings. The van der Waals surface area contributed by atoms with Gasteiger partial charge in [-0.1, -0.05) is 12.1 Å². The van der Waals surface area contributed by atoms with E-state index >= 15 is 0 Å². The van der Waals surface area contributed by atoms with Crippen LogP contribution in [-0.4, -0.2) is 19.1 Å². The Bertz CT molecular complexity index is 353. The highest BCUT2D eigenvalue weighted by Gasteiger charge is 2.03. The standard InChI is InChI=1S/C12H17NO2.ClH/c1-4-14-12(13)8-15-11-7-5-6-9(2)10(11)3;/h5-7,13H,4,8H2,1-3H3;1H. The molecule has 0 saturated heterocycles. The summed E-state index contributed by atoms with van der Waals surface area (Å²) in [5.74, 6) is 0.984. The van der Waals surface area contributed by atoms with Crippen LogP contribution in [0.1, 0.15) is 18.1 Å². The molecule has 0 spiro atoms. The largest absolute Gasteiger partial charge is 0.484 e. The third-order valence-corrected chi connectivity index (χ3v) is 2.23. The maximum atomic E-state index is 7.41. The van der Waals surface area contributed by atoms with Gasteiger partial charge in [0.05, 0.1) is 6.61 Å². The highest BCUT2D eigenvalue weighted by Crippen LogP contribution is 2.20. The Morgan fingerprint density at radius 2 is 2.00 bits per heavy atom. The molecule has 0 aliphatic heterocycles. The van der Waals surface area contributed by atoms with Gasteiger partial charge in [-0.05, 0) is 38.0 Å². The van der Waals surface area contributed by atoms with Crippen LogP contribution in [0.25, 0.3) is 0 Å². The first kappa shape index (κ1) is 14.8. The van der Waals surface area contributed by atoms with Crippen molar-refractivity contribution in [2.75, 3.05) is 13.2 Å². The lowest BCUT2D eigenvalue weighted by molar-refractivity contribution is 0.272. The summed E-state index contributed by atoms with van der Waals surface area (Å²) in [6.45, 7) is 6.60. The molecule has 0 amide bonds. The van der Waals surface area contributed by atoms with Crippen LogP contribution in [0.2, 0.25) is 0 Å². The molecule has 0 atom stereocenters. The number of hydrogen-bond donors (Lipinski definition) is 1. The second kappa shape index (κ2) is 7.12. The van der Waals surface area contributed by atoms with Crippen LogP contribution >= 0.6 is 12.4 Å². The van der Waals surface area contributed by atoms with E-state index in [1.807, 2.05) is 39.0 Å². The molecule has 0 heterocycles. The molecule has 90 valence electrons. The Morgan fingerprint density at radius 1 is 1.31 bits per heavy atom. The molecule has 0 aliphatic rings. The molecule has 0 radical (unpaired) electrons. The summed E-state index contributed by atoms with van der Waals surface area (Å²) in [5.41, 5.74) is 2.30. The van der Waals surface area contributed by atoms with Gasteiger partial charge in [0.25, 0.3) is 0 Å². The van der Waals surface area contributed by atoms with Crippen molar-refractivity contribution in [3.05, 3.63) is 29.3 Å². The zero-order chi connectivity index (χ0) is 11.3. The van der Waals surface area contributed by atoms with Crippen LogP contribution in [0.4, 0.5) is 0 Å². The van der Waals surface area contributed by atoms with Crippen LogP contribution in [0.15, 0.2) is 18.2 Å². The fraction of sp³-hybridized carbons (Fsp3) is 0.417. The minimum atomic E-state index is 0. The zero-order valence-corrected chi connectivity index (χ0v) is 10.7. The van der Waals surface area contributed by atoms with Gasteiger partial charge in [0, 0.05) is 0 Å². The van der Waals surface area contributed by atoms with Crippen molar-refractivity contribution in [3.63, 3.8) is 0 Å². The summed E-state index contributed by atoms with van der Waals surface area (Å²) in [4.78, 5) is 0. The third kappa shape index (κ3) is 4.11. The minimum absolute atomic E-state index is 0. The summed E-state index contributed by atoms with van der Waals surface area (Å²) in [5, 5.41) is 7.41. The average molecular weight is 244 g/mol. The first-order valence-electron chi connectivity index (χ1n) is 5.04. The van der Waals surface area contributed by atoms with Crippen molar-refractivity contribution in [2.24, 2.45) is 0 Å². The summed E-state index contributed by atoms with van der Waals surface area (Å²) >= 11 is 0. The van der Waals surface area contributed by atoms with Crippen molar-refractivity contribution in [1.82, 2.24) is 0 Å². The molecule has 0 aromatic heterocycles. The lowest BCUT2D eigenvalue weighted by Gasteiger charge is -2.11. The summed E-state index contributed by atoms with van der Waals surface area (Å²) in [6, 6.07) is 5.89. The van der Waals surface area contributed by atoms with Crippen molar-refractivity contribution in [2.45, 2.75) is 20.8 Å². The van der Waals surface area contributed by atoms with Gasteiger partial charge in [-0.2, -0.15) is 0 Å². The van der Waals surface area contributed by atoms with Crippen molar-refractivity contribution < 1.29 is 9.47 Å². The molecule has 4 heteroatoms. The van der Waals surface area contributed by atoms with Gasteiger partial charge in [0.15, 0.2) is 6.61 Å². The lowest BCUT2D eigenvalue weighted by atomic mass is 10.1.